The molecule has 6 nitrogen and oxygen atoms in total. The third-order valence-electron chi connectivity index (χ3n) is 5.14. The van der Waals surface area contributed by atoms with Crippen LogP contribution in [0.15, 0.2) is 29.4 Å². The van der Waals surface area contributed by atoms with Gasteiger partial charge in [-0.1, -0.05) is 43.3 Å². The zero-order valence-electron chi connectivity index (χ0n) is 18.9. The summed E-state index contributed by atoms with van der Waals surface area (Å²) in [6, 6.07) is 8.19. The van der Waals surface area contributed by atoms with Crippen molar-refractivity contribution in [3.8, 4) is 5.69 Å². The maximum atomic E-state index is 12.7. The molecule has 0 unspecified atom stereocenters. The lowest BCUT2D eigenvalue weighted by Gasteiger charge is -2.12. The van der Waals surface area contributed by atoms with Gasteiger partial charge in [-0.25, -0.2) is 9.67 Å². The van der Waals surface area contributed by atoms with E-state index in [2.05, 4.69) is 59.8 Å². The molecule has 1 amide bonds. The zero-order chi connectivity index (χ0) is 22.0. The summed E-state index contributed by atoms with van der Waals surface area (Å²) in [4.78, 5) is 17.4. The number of rotatable bonds is 7. The number of hydrogen-bond donors (Lipinski definition) is 1. The second kappa shape index (κ2) is 9.08. The number of imidazole rings is 1. The predicted molar refractivity (Wildman–Crippen MR) is 124 cm³/mol. The summed E-state index contributed by atoms with van der Waals surface area (Å²) in [5.74, 6) is 0.773. The molecule has 2 heterocycles. The first kappa shape index (κ1) is 22.2. The molecule has 0 radical (unpaired) electrons. The van der Waals surface area contributed by atoms with Gasteiger partial charge in [0.2, 0.25) is 5.91 Å². The van der Waals surface area contributed by atoms with E-state index in [1.165, 1.54) is 17.3 Å². The Morgan fingerprint density at radius 1 is 1.03 bits per heavy atom. The Balaban J connectivity index is 1.72. The zero-order valence-corrected chi connectivity index (χ0v) is 19.7. The minimum atomic E-state index is -0.0518. The van der Waals surface area contributed by atoms with E-state index in [0.717, 1.165) is 45.9 Å². The molecule has 0 bridgehead atoms. The Morgan fingerprint density at radius 2 is 1.70 bits per heavy atom. The number of thioether (sulfide) groups is 1. The van der Waals surface area contributed by atoms with Gasteiger partial charge in [0.05, 0.1) is 34.2 Å². The van der Waals surface area contributed by atoms with Crippen LogP contribution in [0.5, 0.6) is 0 Å². The number of carbonyl (C=O) groups is 1. The average molecular weight is 426 g/mol. The molecule has 0 fully saturated rings. The van der Waals surface area contributed by atoms with Crippen LogP contribution in [-0.2, 0) is 11.3 Å². The molecule has 2 aromatic heterocycles. The van der Waals surface area contributed by atoms with Gasteiger partial charge < -0.3 is 9.88 Å². The van der Waals surface area contributed by atoms with Crippen LogP contribution in [0.3, 0.4) is 0 Å². The smallest absolute Gasteiger partial charge is 0.234 e. The summed E-state index contributed by atoms with van der Waals surface area (Å²) in [7, 11) is 0. The van der Waals surface area contributed by atoms with Crippen molar-refractivity contribution in [2.75, 3.05) is 11.1 Å². The predicted octanol–water partition coefficient (Wildman–Crippen LogP) is 5.00. The molecule has 0 spiro atoms. The molecular weight excluding hydrogens is 394 g/mol. The molecule has 30 heavy (non-hydrogen) atoms. The second-order valence-corrected chi connectivity index (χ2v) is 9.14. The van der Waals surface area contributed by atoms with Gasteiger partial charge in [-0.2, -0.15) is 5.10 Å². The lowest BCUT2D eigenvalue weighted by molar-refractivity contribution is -0.113. The second-order valence-electron chi connectivity index (χ2n) is 8.20. The van der Waals surface area contributed by atoms with Crippen LogP contribution in [-0.4, -0.2) is 31.0 Å². The third-order valence-corrected chi connectivity index (χ3v) is 6.11. The van der Waals surface area contributed by atoms with Gasteiger partial charge in [0.25, 0.3) is 0 Å². The number of aromatic nitrogens is 4. The highest BCUT2D eigenvalue weighted by atomic mass is 32.2. The van der Waals surface area contributed by atoms with E-state index >= 15 is 0 Å². The first-order chi connectivity index (χ1) is 14.2. The Bertz CT molecular complexity index is 1050. The highest BCUT2D eigenvalue weighted by Crippen LogP contribution is 2.25. The molecule has 3 aromatic rings. The van der Waals surface area contributed by atoms with Gasteiger partial charge in [-0.3, -0.25) is 4.79 Å². The van der Waals surface area contributed by atoms with Gasteiger partial charge in [-0.05, 0) is 52.7 Å². The number of aryl methyl sites for hydroxylation is 3. The van der Waals surface area contributed by atoms with Crippen LogP contribution in [0.2, 0.25) is 0 Å². The van der Waals surface area contributed by atoms with Crippen molar-refractivity contribution in [3.05, 3.63) is 52.6 Å². The Kier molecular flexibility index (Phi) is 6.71. The standard InChI is InChI=1S/C23H31N5OS/c1-14(2)12-27-18(6)16(4)24-23(27)30-13-21(29)25-22-17(5)26-28(19(22)7)20-10-8-15(3)9-11-20/h8-11,14H,12-13H2,1-7H3,(H,25,29). The quantitative estimate of drug-likeness (QED) is 0.541. The van der Waals surface area contributed by atoms with Crippen LogP contribution in [0.4, 0.5) is 5.69 Å². The molecular formula is C23H31N5OS. The summed E-state index contributed by atoms with van der Waals surface area (Å²) >= 11 is 1.48. The van der Waals surface area contributed by atoms with E-state index < -0.39 is 0 Å². The first-order valence-corrected chi connectivity index (χ1v) is 11.3. The summed E-state index contributed by atoms with van der Waals surface area (Å²) in [6.45, 7) is 15.3. The fraction of sp³-hybridized carbons (Fsp3) is 0.435. The molecule has 0 atom stereocenters. The van der Waals surface area contributed by atoms with Crippen LogP contribution in [0.1, 0.15) is 42.2 Å². The highest BCUT2D eigenvalue weighted by Gasteiger charge is 2.18. The summed E-state index contributed by atoms with van der Waals surface area (Å²) in [5.41, 5.74) is 6.87. The Hall–Kier alpha value is -2.54. The van der Waals surface area contributed by atoms with Crippen molar-refractivity contribution < 1.29 is 4.79 Å². The number of benzene rings is 1. The number of anilines is 1. The van der Waals surface area contributed by atoms with Crippen molar-refractivity contribution in [2.45, 2.75) is 60.2 Å². The van der Waals surface area contributed by atoms with Crippen molar-refractivity contribution >= 4 is 23.4 Å². The van der Waals surface area contributed by atoms with Gasteiger partial charge in [0.15, 0.2) is 5.16 Å². The molecule has 160 valence electrons. The number of nitrogens with one attached hydrogen (secondary N) is 1. The number of amides is 1. The minimum Gasteiger partial charge on any atom is -0.323 e. The summed E-state index contributed by atoms with van der Waals surface area (Å²) in [5, 5.41) is 8.57. The maximum Gasteiger partial charge on any atom is 0.234 e. The minimum absolute atomic E-state index is 0.0518. The Labute approximate surface area is 183 Å². The number of carbonyl (C=O) groups excluding carboxylic acids is 1. The fourth-order valence-corrected chi connectivity index (χ4v) is 4.28. The van der Waals surface area contributed by atoms with Gasteiger partial charge >= 0.3 is 0 Å². The molecule has 1 N–H and O–H groups in total. The van der Waals surface area contributed by atoms with E-state index in [4.69, 9.17) is 0 Å². The van der Waals surface area contributed by atoms with Crippen LogP contribution < -0.4 is 5.32 Å². The van der Waals surface area contributed by atoms with Gasteiger partial charge in [-0.15, -0.1) is 0 Å². The summed E-state index contributed by atoms with van der Waals surface area (Å²) in [6.07, 6.45) is 0. The molecule has 7 heteroatoms. The lowest BCUT2D eigenvalue weighted by atomic mass is 10.2. The molecule has 0 aliphatic carbocycles. The third kappa shape index (κ3) is 4.78. The number of hydrogen-bond acceptors (Lipinski definition) is 4. The fourth-order valence-electron chi connectivity index (χ4n) is 3.38. The van der Waals surface area contributed by atoms with Crippen molar-refractivity contribution in [2.24, 2.45) is 5.92 Å². The SMILES string of the molecule is Cc1ccc(-n2nc(C)c(NC(=O)CSc3nc(C)c(C)n3CC(C)C)c2C)cc1. The van der Waals surface area contributed by atoms with Crippen molar-refractivity contribution in [1.82, 2.24) is 19.3 Å². The van der Waals surface area contributed by atoms with Crippen LogP contribution >= 0.6 is 11.8 Å². The molecule has 3 rings (SSSR count). The Morgan fingerprint density at radius 3 is 2.33 bits per heavy atom. The largest absolute Gasteiger partial charge is 0.323 e. The highest BCUT2D eigenvalue weighted by molar-refractivity contribution is 7.99. The van der Waals surface area contributed by atoms with E-state index in [0.29, 0.717) is 11.7 Å². The summed E-state index contributed by atoms with van der Waals surface area (Å²) < 4.78 is 4.09. The van der Waals surface area contributed by atoms with E-state index in [9.17, 15) is 4.79 Å². The average Bonchev–Trinajstić information content (AvgIpc) is 3.11. The van der Waals surface area contributed by atoms with Gasteiger partial charge in [0.1, 0.15) is 0 Å². The van der Waals surface area contributed by atoms with Crippen molar-refractivity contribution in [1.29, 1.82) is 0 Å². The van der Waals surface area contributed by atoms with Gasteiger partial charge in [0, 0.05) is 12.2 Å². The topological polar surface area (TPSA) is 64.7 Å². The number of nitrogens with zero attached hydrogens (tertiary/aromatic N) is 4. The molecule has 0 aliphatic rings. The lowest BCUT2D eigenvalue weighted by Crippen LogP contribution is -2.16. The van der Waals surface area contributed by atoms with E-state index in [-0.39, 0.29) is 5.91 Å². The van der Waals surface area contributed by atoms with Crippen molar-refractivity contribution in [3.63, 3.8) is 0 Å². The monoisotopic (exact) mass is 425 g/mol. The molecule has 0 saturated heterocycles. The maximum absolute atomic E-state index is 12.7. The van der Waals surface area contributed by atoms with Crippen LogP contribution in [0.25, 0.3) is 5.69 Å². The van der Waals surface area contributed by atoms with E-state index in [1.807, 2.05) is 37.6 Å². The molecule has 0 aliphatic heterocycles. The normalized spacial score (nSPS) is 11.3. The first-order valence-electron chi connectivity index (χ1n) is 10.3. The molecule has 0 saturated carbocycles. The van der Waals surface area contributed by atoms with Crippen LogP contribution in [0, 0.1) is 40.5 Å². The van der Waals surface area contributed by atoms with E-state index in [1.54, 1.807) is 0 Å². The molecule has 1 aromatic carbocycles.